The Bertz CT molecular complexity index is 355. The van der Waals surface area contributed by atoms with Crippen molar-refractivity contribution >= 4 is 23.4 Å². The van der Waals surface area contributed by atoms with Crippen molar-refractivity contribution in [2.24, 2.45) is 0 Å². The summed E-state index contributed by atoms with van der Waals surface area (Å²) in [4.78, 5) is 10.8. The van der Waals surface area contributed by atoms with Gasteiger partial charge in [-0.15, -0.1) is 11.8 Å². The van der Waals surface area contributed by atoms with E-state index in [4.69, 9.17) is 16.1 Å². The molecule has 0 saturated heterocycles. The summed E-state index contributed by atoms with van der Waals surface area (Å²) in [5.41, 5.74) is 0.714. The van der Waals surface area contributed by atoms with Crippen LogP contribution in [0.25, 0.3) is 0 Å². The van der Waals surface area contributed by atoms with Gasteiger partial charge in [0.15, 0.2) is 10.8 Å². The van der Waals surface area contributed by atoms with E-state index < -0.39 is 0 Å². The highest BCUT2D eigenvalue weighted by Gasteiger charge is 2.09. The van der Waals surface area contributed by atoms with Gasteiger partial charge >= 0.3 is 0 Å². The van der Waals surface area contributed by atoms with Gasteiger partial charge in [0.05, 0.1) is 5.75 Å². The maximum absolute atomic E-state index is 10.8. The lowest BCUT2D eigenvalue weighted by molar-refractivity contribution is 0.390. The van der Waals surface area contributed by atoms with E-state index in [1.54, 1.807) is 11.8 Å². The van der Waals surface area contributed by atoms with E-state index in [1.165, 1.54) is 0 Å². The van der Waals surface area contributed by atoms with Crippen molar-refractivity contribution in [1.29, 1.82) is 0 Å². The molecule has 0 amide bonds. The fourth-order valence-corrected chi connectivity index (χ4v) is 1.80. The zero-order valence-corrected chi connectivity index (χ0v) is 8.80. The van der Waals surface area contributed by atoms with Crippen LogP contribution in [0.5, 0.6) is 0 Å². The van der Waals surface area contributed by atoms with Gasteiger partial charge < -0.3 is 4.52 Å². The van der Waals surface area contributed by atoms with Crippen LogP contribution in [-0.2, 0) is 5.75 Å². The third-order valence-electron chi connectivity index (χ3n) is 1.29. The molecule has 0 spiro atoms. The SMILES string of the molecule is C=C(C)CSCc1o[nH]c(=O)c1Cl. The molecular weight excluding hydrogens is 210 g/mol. The maximum atomic E-state index is 10.8. The Balaban J connectivity index is 2.50. The molecule has 0 saturated carbocycles. The third-order valence-corrected chi connectivity index (χ3v) is 2.84. The van der Waals surface area contributed by atoms with E-state index >= 15 is 0 Å². The lowest BCUT2D eigenvalue weighted by Crippen LogP contribution is -1.97. The van der Waals surface area contributed by atoms with Crippen molar-refractivity contribution in [2.45, 2.75) is 12.7 Å². The normalized spacial score (nSPS) is 10.3. The second kappa shape index (κ2) is 4.58. The van der Waals surface area contributed by atoms with Crippen molar-refractivity contribution in [3.63, 3.8) is 0 Å². The van der Waals surface area contributed by atoms with Crippen molar-refractivity contribution in [1.82, 2.24) is 5.16 Å². The molecule has 0 atom stereocenters. The molecule has 0 radical (unpaired) electrons. The van der Waals surface area contributed by atoms with Gasteiger partial charge in [-0.25, -0.2) is 0 Å². The van der Waals surface area contributed by atoms with Crippen LogP contribution in [0.15, 0.2) is 21.5 Å². The zero-order chi connectivity index (χ0) is 9.84. The van der Waals surface area contributed by atoms with Gasteiger partial charge in [0.1, 0.15) is 0 Å². The monoisotopic (exact) mass is 219 g/mol. The van der Waals surface area contributed by atoms with Gasteiger partial charge in [-0.3, -0.25) is 4.79 Å². The minimum atomic E-state index is -0.368. The number of hydrogen-bond donors (Lipinski definition) is 1. The first-order valence-electron chi connectivity index (χ1n) is 3.69. The van der Waals surface area contributed by atoms with Crippen LogP contribution in [0.2, 0.25) is 5.02 Å². The number of thioether (sulfide) groups is 1. The molecule has 72 valence electrons. The molecule has 0 aliphatic rings. The predicted octanol–water partition coefficient (Wildman–Crippen LogP) is 2.43. The van der Waals surface area contributed by atoms with E-state index in [0.717, 1.165) is 11.3 Å². The van der Waals surface area contributed by atoms with Gasteiger partial charge in [0, 0.05) is 5.75 Å². The minimum absolute atomic E-state index is 0.147. The first kappa shape index (κ1) is 10.5. The largest absolute Gasteiger partial charge is 0.381 e. The minimum Gasteiger partial charge on any atom is -0.381 e. The Labute approximate surface area is 85.1 Å². The van der Waals surface area contributed by atoms with Crippen LogP contribution in [0.4, 0.5) is 0 Å². The maximum Gasteiger partial charge on any atom is 0.298 e. The smallest absolute Gasteiger partial charge is 0.298 e. The third kappa shape index (κ3) is 2.97. The lowest BCUT2D eigenvalue weighted by Gasteiger charge is -1.96. The second-order valence-corrected chi connectivity index (χ2v) is 4.08. The first-order chi connectivity index (χ1) is 6.11. The summed E-state index contributed by atoms with van der Waals surface area (Å²) >= 11 is 7.26. The summed E-state index contributed by atoms with van der Waals surface area (Å²) in [6, 6.07) is 0. The van der Waals surface area contributed by atoms with Gasteiger partial charge in [-0.05, 0) is 6.92 Å². The summed E-state index contributed by atoms with van der Waals surface area (Å²) in [6.07, 6.45) is 0. The first-order valence-corrected chi connectivity index (χ1v) is 5.22. The summed E-state index contributed by atoms with van der Waals surface area (Å²) < 4.78 is 4.86. The number of aromatic amines is 1. The molecule has 1 aromatic heterocycles. The van der Waals surface area contributed by atoms with Crippen LogP contribution < -0.4 is 5.56 Å². The predicted molar refractivity (Wildman–Crippen MR) is 55.3 cm³/mol. The highest BCUT2D eigenvalue weighted by Crippen LogP contribution is 2.18. The molecule has 1 rings (SSSR count). The quantitative estimate of drug-likeness (QED) is 0.792. The van der Waals surface area contributed by atoms with Crippen molar-refractivity contribution in [2.75, 3.05) is 5.75 Å². The van der Waals surface area contributed by atoms with E-state index in [0.29, 0.717) is 11.5 Å². The number of H-pyrrole nitrogens is 1. The number of hydrogen-bond acceptors (Lipinski definition) is 3. The van der Waals surface area contributed by atoms with E-state index in [9.17, 15) is 4.79 Å². The zero-order valence-electron chi connectivity index (χ0n) is 7.22. The Morgan fingerprint density at radius 1 is 1.77 bits per heavy atom. The molecule has 0 aromatic carbocycles. The average Bonchev–Trinajstić information content (AvgIpc) is 2.35. The van der Waals surface area contributed by atoms with Gasteiger partial charge in [0.25, 0.3) is 5.56 Å². The molecule has 1 aromatic rings. The number of aromatic nitrogens is 1. The molecule has 0 aliphatic heterocycles. The Morgan fingerprint density at radius 3 is 2.92 bits per heavy atom. The van der Waals surface area contributed by atoms with E-state index in [1.807, 2.05) is 6.92 Å². The van der Waals surface area contributed by atoms with Crippen molar-refractivity contribution in [3.8, 4) is 0 Å². The van der Waals surface area contributed by atoms with Crippen LogP contribution >= 0.6 is 23.4 Å². The van der Waals surface area contributed by atoms with Crippen LogP contribution in [0, 0.1) is 0 Å². The van der Waals surface area contributed by atoms with Gasteiger partial charge in [-0.2, -0.15) is 5.16 Å². The molecule has 0 aliphatic carbocycles. The molecule has 3 nitrogen and oxygen atoms in total. The Hall–Kier alpha value is -0.610. The summed E-state index contributed by atoms with van der Waals surface area (Å²) in [7, 11) is 0. The lowest BCUT2D eigenvalue weighted by atomic mass is 10.4. The topological polar surface area (TPSA) is 46.0 Å². The van der Waals surface area contributed by atoms with Crippen molar-refractivity contribution < 1.29 is 4.52 Å². The second-order valence-electron chi connectivity index (χ2n) is 2.72. The molecule has 1 heterocycles. The van der Waals surface area contributed by atoms with Crippen molar-refractivity contribution in [3.05, 3.63) is 33.3 Å². The summed E-state index contributed by atoms with van der Waals surface area (Å²) in [5.74, 6) is 1.92. The highest BCUT2D eigenvalue weighted by atomic mass is 35.5. The molecule has 1 N–H and O–H groups in total. The number of nitrogens with one attached hydrogen (secondary N) is 1. The van der Waals surface area contributed by atoms with Gasteiger partial charge in [-0.1, -0.05) is 23.8 Å². The fraction of sp³-hybridized carbons (Fsp3) is 0.375. The summed E-state index contributed by atoms with van der Waals surface area (Å²) in [6.45, 7) is 5.71. The standard InChI is InChI=1S/C8H10ClNO2S/c1-5(2)3-13-4-6-7(9)8(11)10-12-6/h1,3-4H2,2H3,(H,10,11). The van der Waals surface area contributed by atoms with E-state index in [2.05, 4.69) is 11.7 Å². The Morgan fingerprint density at radius 2 is 2.46 bits per heavy atom. The number of rotatable bonds is 4. The van der Waals surface area contributed by atoms with Crippen LogP contribution in [-0.4, -0.2) is 10.9 Å². The number of halogens is 1. The van der Waals surface area contributed by atoms with Gasteiger partial charge in [0.2, 0.25) is 0 Å². The fourth-order valence-electron chi connectivity index (χ4n) is 0.735. The molecule has 5 heteroatoms. The highest BCUT2D eigenvalue weighted by molar-refractivity contribution is 7.98. The van der Waals surface area contributed by atoms with Crippen LogP contribution in [0.3, 0.4) is 0 Å². The summed E-state index contributed by atoms with van der Waals surface area (Å²) in [5, 5.41) is 2.32. The molecular formula is C8H10ClNO2S. The van der Waals surface area contributed by atoms with E-state index in [-0.39, 0.29) is 10.6 Å². The Kier molecular flexibility index (Phi) is 3.69. The molecule has 0 fully saturated rings. The van der Waals surface area contributed by atoms with Crippen LogP contribution in [0.1, 0.15) is 12.7 Å². The average molecular weight is 220 g/mol. The molecule has 0 bridgehead atoms. The molecule has 0 unspecified atom stereocenters. The molecule has 13 heavy (non-hydrogen) atoms.